The lowest BCUT2D eigenvalue weighted by Crippen LogP contribution is -2.33. The molecule has 0 aliphatic rings. The lowest BCUT2D eigenvalue weighted by molar-refractivity contribution is 0.0601. The van der Waals surface area contributed by atoms with E-state index in [0.717, 1.165) is 22.5 Å². The van der Waals surface area contributed by atoms with E-state index in [2.05, 4.69) is 10.6 Å². The first-order valence-electron chi connectivity index (χ1n) is 9.43. The maximum atomic E-state index is 12.4. The molecular formula is C23H22N2O4S2. The lowest BCUT2D eigenvalue weighted by Gasteiger charge is -2.22. The van der Waals surface area contributed by atoms with Crippen LogP contribution in [0.25, 0.3) is 0 Å². The van der Waals surface area contributed by atoms with E-state index in [1.54, 1.807) is 6.92 Å². The molecule has 8 heteroatoms. The maximum absolute atomic E-state index is 12.4. The standard InChI is InChI=1S/C23H22N2O4S2/c1-14-17(21(26)28-2)20(31-19(14)22(27)29-3)25-23(30)24-18(15-10-6-4-7-11-15)16-12-8-5-9-13-16/h4-13,18H,1-3H3,(H2,24,25,30). The van der Waals surface area contributed by atoms with Gasteiger partial charge in [0.2, 0.25) is 0 Å². The fraction of sp³-hybridized carbons (Fsp3) is 0.174. The van der Waals surface area contributed by atoms with Crippen molar-refractivity contribution in [2.45, 2.75) is 13.0 Å². The van der Waals surface area contributed by atoms with Crippen molar-refractivity contribution in [3.63, 3.8) is 0 Å². The normalized spacial score (nSPS) is 10.5. The molecule has 0 unspecified atom stereocenters. The van der Waals surface area contributed by atoms with Crippen LogP contribution >= 0.6 is 23.6 Å². The number of carbonyl (C=O) groups is 2. The Kier molecular flexibility index (Phi) is 7.38. The summed E-state index contributed by atoms with van der Waals surface area (Å²) < 4.78 is 9.72. The molecule has 0 aliphatic carbocycles. The molecule has 1 aromatic heterocycles. The number of benzene rings is 2. The molecule has 0 spiro atoms. The smallest absolute Gasteiger partial charge is 0.348 e. The van der Waals surface area contributed by atoms with Crippen LogP contribution in [0, 0.1) is 6.92 Å². The zero-order valence-electron chi connectivity index (χ0n) is 17.3. The third kappa shape index (κ3) is 5.10. The molecule has 0 radical (unpaired) electrons. The van der Waals surface area contributed by atoms with Crippen LogP contribution in [0.4, 0.5) is 5.00 Å². The highest BCUT2D eigenvalue weighted by molar-refractivity contribution is 7.80. The first kappa shape index (κ1) is 22.5. The Morgan fingerprint density at radius 2 is 1.42 bits per heavy atom. The zero-order valence-corrected chi connectivity index (χ0v) is 18.9. The van der Waals surface area contributed by atoms with E-state index >= 15 is 0 Å². The van der Waals surface area contributed by atoms with Gasteiger partial charge < -0.3 is 20.1 Å². The van der Waals surface area contributed by atoms with Gasteiger partial charge in [0.1, 0.15) is 9.88 Å². The Morgan fingerprint density at radius 3 is 1.90 bits per heavy atom. The number of hydrogen-bond acceptors (Lipinski definition) is 6. The third-order valence-corrected chi connectivity index (χ3v) is 6.08. The fourth-order valence-electron chi connectivity index (χ4n) is 3.16. The van der Waals surface area contributed by atoms with E-state index in [0.29, 0.717) is 20.6 Å². The summed E-state index contributed by atoms with van der Waals surface area (Å²) in [7, 11) is 2.58. The van der Waals surface area contributed by atoms with Crippen LogP contribution in [-0.2, 0) is 9.47 Å². The summed E-state index contributed by atoms with van der Waals surface area (Å²) in [6.45, 7) is 1.67. The van der Waals surface area contributed by atoms with Crippen molar-refractivity contribution in [2.24, 2.45) is 0 Å². The number of ether oxygens (including phenoxy) is 2. The van der Waals surface area contributed by atoms with E-state index in [4.69, 9.17) is 21.7 Å². The topological polar surface area (TPSA) is 76.7 Å². The molecule has 31 heavy (non-hydrogen) atoms. The van der Waals surface area contributed by atoms with Gasteiger partial charge >= 0.3 is 11.9 Å². The van der Waals surface area contributed by atoms with Gasteiger partial charge in [-0.2, -0.15) is 0 Å². The van der Waals surface area contributed by atoms with Crippen molar-refractivity contribution in [1.82, 2.24) is 5.32 Å². The highest BCUT2D eigenvalue weighted by Gasteiger charge is 2.26. The first-order chi connectivity index (χ1) is 15.0. The van der Waals surface area contributed by atoms with Crippen LogP contribution in [0.15, 0.2) is 60.7 Å². The number of esters is 2. The minimum atomic E-state index is -0.558. The summed E-state index contributed by atoms with van der Waals surface area (Å²) in [6.07, 6.45) is 0. The summed E-state index contributed by atoms with van der Waals surface area (Å²) in [5.74, 6) is -1.08. The number of methoxy groups -OCH3 is 2. The van der Waals surface area contributed by atoms with E-state index in [9.17, 15) is 9.59 Å². The second kappa shape index (κ2) is 10.2. The van der Waals surface area contributed by atoms with E-state index < -0.39 is 11.9 Å². The third-order valence-electron chi connectivity index (χ3n) is 4.68. The summed E-state index contributed by atoms with van der Waals surface area (Å²) in [5, 5.41) is 7.10. The second-order valence-electron chi connectivity index (χ2n) is 6.60. The van der Waals surface area contributed by atoms with E-state index in [1.807, 2.05) is 60.7 Å². The minimum Gasteiger partial charge on any atom is -0.465 e. The largest absolute Gasteiger partial charge is 0.465 e. The van der Waals surface area contributed by atoms with Gasteiger partial charge in [0.15, 0.2) is 5.11 Å². The van der Waals surface area contributed by atoms with Crippen LogP contribution in [-0.4, -0.2) is 31.3 Å². The molecule has 0 aliphatic heterocycles. The van der Waals surface area contributed by atoms with E-state index in [1.165, 1.54) is 14.2 Å². The Labute approximate surface area is 190 Å². The van der Waals surface area contributed by atoms with Crippen molar-refractivity contribution in [3.8, 4) is 0 Å². The number of carbonyl (C=O) groups excluding carboxylic acids is 2. The van der Waals surface area contributed by atoms with Crippen molar-refractivity contribution >= 4 is 45.6 Å². The molecule has 0 fully saturated rings. The second-order valence-corrected chi connectivity index (χ2v) is 8.03. The molecule has 2 aromatic carbocycles. The number of rotatable bonds is 6. The number of hydrogen-bond donors (Lipinski definition) is 2. The molecule has 3 rings (SSSR count). The van der Waals surface area contributed by atoms with Crippen molar-refractivity contribution in [1.29, 1.82) is 0 Å². The van der Waals surface area contributed by atoms with Crippen LogP contribution in [0.2, 0.25) is 0 Å². The quantitative estimate of drug-likeness (QED) is 0.413. The van der Waals surface area contributed by atoms with Gasteiger partial charge in [-0.25, -0.2) is 9.59 Å². The van der Waals surface area contributed by atoms with Gasteiger partial charge in [-0.1, -0.05) is 60.7 Å². The highest BCUT2D eigenvalue weighted by atomic mass is 32.1. The Morgan fingerprint density at radius 1 is 0.903 bits per heavy atom. The molecule has 0 amide bonds. The molecule has 0 saturated heterocycles. The van der Waals surface area contributed by atoms with Crippen molar-refractivity contribution < 1.29 is 19.1 Å². The van der Waals surface area contributed by atoms with Gasteiger partial charge in [0, 0.05) is 0 Å². The lowest BCUT2D eigenvalue weighted by atomic mass is 9.99. The minimum absolute atomic E-state index is 0.204. The van der Waals surface area contributed by atoms with Crippen LogP contribution in [0.5, 0.6) is 0 Å². The molecule has 1 heterocycles. The average molecular weight is 455 g/mol. The predicted molar refractivity (Wildman–Crippen MR) is 126 cm³/mol. The molecule has 0 bridgehead atoms. The molecule has 6 nitrogen and oxygen atoms in total. The highest BCUT2D eigenvalue weighted by Crippen LogP contribution is 2.34. The summed E-state index contributed by atoms with van der Waals surface area (Å²) in [6, 6.07) is 19.6. The number of anilines is 1. The SMILES string of the molecule is COC(=O)c1sc(NC(=S)NC(c2ccccc2)c2ccccc2)c(C(=O)OC)c1C. The first-order valence-corrected chi connectivity index (χ1v) is 10.7. The fourth-order valence-corrected chi connectivity index (χ4v) is 4.56. The molecule has 0 saturated carbocycles. The molecular weight excluding hydrogens is 432 g/mol. The Bertz CT molecular complexity index is 1040. The van der Waals surface area contributed by atoms with Crippen LogP contribution in [0.3, 0.4) is 0 Å². The molecule has 2 N–H and O–H groups in total. The molecule has 3 aromatic rings. The summed E-state index contributed by atoms with van der Waals surface area (Å²) in [5.41, 5.74) is 2.80. The van der Waals surface area contributed by atoms with Crippen LogP contribution < -0.4 is 10.6 Å². The average Bonchev–Trinajstić information content (AvgIpc) is 3.13. The zero-order chi connectivity index (χ0) is 22.4. The van der Waals surface area contributed by atoms with Gasteiger partial charge in [0.05, 0.1) is 25.8 Å². The van der Waals surface area contributed by atoms with Gasteiger partial charge in [-0.05, 0) is 35.8 Å². The summed E-state index contributed by atoms with van der Waals surface area (Å²) >= 11 is 6.65. The number of thiocarbonyl (C=S) groups is 1. The Balaban J connectivity index is 1.91. The molecule has 0 atom stereocenters. The number of nitrogens with one attached hydrogen (secondary N) is 2. The van der Waals surface area contributed by atoms with E-state index in [-0.39, 0.29) is 11.6 Å². The number of thiophene rings is 1. The maximum Gasteiger partial charge on any atom is 0.348 e. The molecule has 160 valence electrons. The van der Waals surface area contributed by atoms with Crippen molar-refractivity contribution in [3.05, 3.63) is 87.8 Å². The van der Waals surface area contributed by atoms with Crippen molar-refractivity contribution in [2.75, 3.05) is 19.5 Å². The van der Waals surface area contributed by atoms with Gasteiger partial charge in [-0.3, -0.25) is 0 Å². The predicted octanol–water partition coefficient (Wildman–Crippen LogP) is 4.71. The Hall–Kier alpha value is -3.23. The van der Waals surface area contributed by atoms with Gasteiger partial charge in [-0.15, -0.1) is 11.3 Å². The summed E-state index contributed by atoms with van der Waals surface area (Å²) in [4.78, 5) is 24.8. The van der Waals surface area contributed by atoms with Crippen LogP contribution in [0.1, 0.15) is 42.8 Å². The van der Waals surface area contributed by atoms with Gasteiger partial charge in [0.25, 0.3) is 0 Å². The monoisotopic (exact) mass is 454 g/mol.